The molecule has 2 unspecified atom stereocenters. The van der Waals surface area contributed by atoms with Gasteiger partial charge in [-0.15, -0.1) is 0 Å². The molecule has 0 bridgehead atoms. The Labute approximate surface area is 212 Å². The third-order valence-corrected chi connectivity index (χ3v) is 7.41. The Bertz CT molecular complexity index is 1190. The van der Waals surface area contributed by atoms with E-state index in [-0.39, 0.29) is 22.0 Å². The van der Waals surface area contributed by atoms with Gasteiger partial charge in [-0.05, 0) is 48.4 Å². The lowest BCUT2D eigenvalue weighted by molar-refractivity contribution is -0.284. The van der Waals surface area contributed by atoms with Gasteiger partial charge in [0.1, 0.15) is 4.90 Å². The number of ether oxygens (including phenoxy) is 1. The summed E-state index contributed by atoms with van der Waals surface area (Å²) in [5.74, 6) is -6.24. The molecule has 1 aromatic heterocycles. The van der Waals surface area contributed by atoms with Gasteiger partial charge in [-0.1, -0.05) is 39.0 Å². The van der Waals surface area contributed by atoms with E-state index in [9.17, 15) is 35.2 Å². The number of hydrogen-bond donors (Lipinski definition) is 0. The SMILES string of the molecule is CC(C)(C)C1CC(C(=O)OS(=O)(=O)c2ccc(-c3ccc(CCC(F)(F)C(F)(F)F)cn3)cc2)CCO1. The Morgan fingerprint density at radius 3 is 2.24 bits per heavy atom. The Balaban J connectivity index is 1.63. The highest BCUT2D eigenvalue weighted by Gasteiger charge is 2.56. The smallest absolute Gasteiger partial charge is 0.378 e. The average molecular weight is 550 g/mol. The van der Waals surface area contributed by atoms with Gasteiger partial charge in [0.2, 0.25) is 0 Å². The van der Waals surface area contributed by atoms with Gasteiger partial charge >= 0.3 is 28.2 Å². The number of rotatable bonds is 7. The van der Waals surface area contributed by atoms with Crippen molar-refractivity contribution in [1.82, 2.24) is 4.98 Å². The maximum Gasteiger partial charge on any atom is 0.453 e. The van der Waals surface area contributed by atoms with Gasteiger partial charge in [0.15, 0.2) is 0 Å². The summed E-state index contributed by atoms with van der Waals surface area (Å²) in [7, 11) is -4.37. The van der Waals surface area contributed by atoms with E-state index in [2.05, 4.69) is 4.98 Å². The second-order valence-electron chi connectivity index (χ2n) is 10.1. The van der Waals surface area contributed by atoms with Crippen molar-refractivity contribution in [1.29, 1.82) is 0 Å². The largest absolute Gasteiger partial charge is 0.453 e. The molecule has 1 aromatic carbocycles. The molecule has 0 spiro atoms. The van der Waals surface area contributed by atoms with E-state index in [1.54, 1.807) is 0 Å². The fraction of sp³-hybridized carbons (Fsp3) is 0.520. The molecule has 0 radical (unpaired) electrons. The number of aryl methyl sites for hydroxylation is 1. The zero-order valence-electron chi connectivity index (χ0n) is 20.5. The van der Waals surface area contributed by atoms with Crippen molar-refractivity contribution >= 4 is 16.1 Å². The third kappa shape index (κ3) is 7.25. The van der Waals surface area contributed by atoms with Crippen LogP contribution in [0.25, 0.3) is 11.3 Å². The first-order chi connectivity index (χ1) is 17.0. The van der Waals surface area contributed by atoms with Crippen LogP contribution in [0.5, 0.6) is 0 Å². The van der Waals surface area contributed by atoms with Crippen LogP contribution in [0.4, 0.5) is 22.0 Å². The van der Waals surface area contributed by atoms with E-state index in [0.717, 1.165) is 0 Å². The molecule has 3 rings (SSSR count). The molecule has 1 saturated heterocycles. The van der Waals surface area contributed by atoms with E-state index in [1.165, 1.54) is 42.6 Å². The maximum atomic E-state index is 13.1. The van der Waals surface area contributed by atoms with Crippen molar-refractivity contribution in [3.05, 3.63) is 48.2 Å². The average Bonchev–Trinajstić information content (AvgIpc) is 2.82. The first-order valence-electron chi connectivity index (χ1n) is 11.6. The lowest BCUT2D eigenvalue weighted by atomic mass is 9.81. The molecule has 6 nitrogen and oxygen atoms in total. The molecule has 1 aliphatic heterocycles. The molecule has 2 heterocycles. The first kappa shape index (κ1) is 29.0. The summed E-state index contributed by atoms with van der Waals surface area (Å²) in [4.78, 5) is 16.4. The van der Waals surface area contributed by atoms with Crippen LogP contribution in [0.2, 0.25) is 0 Å². The number of halogens is 5. The minimum Gasteiger partial charge on any atom is -0.378 e. The molecule has 2 atom stereocenters. The summed E-state index contributed by atoms with van der Waals surface area (Å²) in [6.07, 6.45) is -5.84. The zero-order chi connectivity index (χ0) is 27.6. The summed E-state index contributed by atoms with van der Waals surface area (Å²) in [5, 5.41) is 0. The van der Waals surface area contributed by atoms with E-state index in [4.69, 9.17) is 8.92 Å². The van der Waals surface area contributed by atoms with Gasteiger partial charge in [0.25, 0.3) is 0 Å². The highest BCUT2D eigenvalue weighted by atomic mass is 32.2. The number of carbonyl (C=O) groups excluding carboxylic acids is 1. The summed E-state index contributed by atoms with van der Waals surface area (Å²) in [6, 6.07) is 8.12. The first-order valence-corrected chi connectivity index (χ1v) is 13.0. The van der Waals surface area contributed by atoms with Crippen molar-refractivity contribution < 1.29 is 44.1 Å². The number of pyridine rings is 1. The zero-order valence-corrected chi connectivity index (χ0v) is 21.3. The Kier molecular flexibility index (Phi) is 8.33. The molecule has 204 valence electrons. The molecule has 2 aromatic rings. The molecule has 12 heteroatoms. The van der Waals surface area contributed by atoms with Crippen LogP contribution >= 0.6 is 0 Å². The van der Waals surface area contributed by atoms with Crippen LogP contribution in [0.15, 0.2) is 47.5 Å². The van der Waals surface area contributed by atoms with Crippen LogP contribution in [0, 0.1) is 11.3 Å². The Morgan fingerprint density at radius 2 is 1.70 bits per heavy atom. The van der Waals surface area contributed by atoms with Gasteiger partial charge in [0, 0.05) is 24.8 Å². The lowest BCUT2D eigenvalue weighted by Crippen LogP contribution is -2.39. The van der Waals surface area contributed by atoms with Crippen LogP contribution in [0.1, 0.15) is 45.6 Å². The number of alkyl halides is 5. The topological polar surface area (TPSA) is 82.6 Å². The van der Waals surface area contributed by atoms with E-state index < -0.39 is 46.9 Å². The lowest BCUT2D eigenvalue weighted by Gasteiger charge is -2.36. The number of benzene rings is 1. The van der Waals surface area contributed by atoms with E-state index >= 15 is 0 Å². The minimum absolute atomic E-state index is 0.195. The predicted octanol–water partition coefficient (Wildman–Crippen LogP) is 5.95. The van der Waals surface area contributed by atoms with E-state index in [1.807, 2.05) is 20.8 Å². The molecule has 0 N–H and O–H groups in total. The van der Waals surface area contributed by atoms with Gasteiger partial charge < -0.3 is 8.92 Å². The molecule has 0 saturated carbocycles. The van der Waals surface area contributed by atoms with Gasteiger partial charge in [0.05, 0.1) is 17.7 Å². The molecule has 37 heavy (non-hydrogen) atoms. The predicted molar refractivity (Wildman–Crippen MR) is 124 cm³/mol. The summed E-state index contributed by atoms with van der Waals surface area (Å²) in [6.45, 7) is 6.24. The molecular weight excluding hydrogens is 521 g/mol. The highest BCUT2D eigenvalue weighted by Crippen LogP contribution is 2.39. The van der Waals surface area contributed by atoms with Crippen LogP contribution in [-0.2, 0) is 30.3 Å². The molecule has 0 amide bonds. The second kappa shape index (κ2) is 10.6. The number of hydrogen-bond acceptors (Lipinski definition) is 6. The van der Waals surface area contributed by atoms with Crippen molar-refractivity contribution in [3.63, 3.8) is 0 Å². The van der Waals surface area contributed by atoms with Crippen molar-refractivity contribution in [2.75, 3.05) is 6.61 Å². The maximum absolute atomic E-state index is 13.1. The molecular formula is C25H28F5NO5S. The third-order valence-electron chi connectivity index (χ3n) is 6.18. The van der Waals surface area contributed by atoms with Crippen LogP contribution in [0.3, 0.4) is 0 Å². The number of nitrogens with zero attached hydrogens (tertiary/aromatic N) is 1. The number of carbonyl (C=O) groups is 1. The summed E-state index contributed by atoms with van der Waals surface area (Å²) in [5.41, 5.74) is 0.798. The van der Waals surface area contributed by atoms with Gasteiger partial charge in [-0.3, -0.25) is 9.78 Å². The normalized spacial score (nSPS) is 19.5. The fourth-order valence-electron chi connectivity index (χ4n) is 3.82. The Morgan fingerprint density at radius 1 is 1.05 bits per heavy atom. The van der Waals surface area contributed by atoms with Gasteiger partial charge in [-0.25, -0.2) is 0 Å². The summed E-state index contributed by atoms with van der Waals surface area (Å²) < 4.78 is 99.1. The van der Waals surface area contributed by atoms with Crippen molar-refractivity contribution in [2.24, 2.45) is 11.3 Å². The fourth-order valence-corrected chi connectivity index (χ4v) is 4.74. The molecule has 0 aliphatic carbocycles. The monoisotopic (exact) mass is 549 g/mol. The minimum atomic E-state index is -5.61. The van der Waals surface area contributed by atoms with E-state index in [0.29, 0.717) is 30.7 Å². The van der Waals surface area contributed by atoms with Crippen LogP contribution < -0.4 is 0 Å². The quantitative estimate of drug-likeness (QED) is 0.314. The van der Waals surface area contributed by atoms with Crippen molar-refractivity contribution in [2.45, 2.75) is 69.6 Å². The van der Waals surface area contributed by atoms with Gasteiger partial charge in [-0.2, -0.15) is 30.4 Å². The molecule has 1 aliphatic rings. The standard InChI is InChI=1S/C25H28F5NO5S/c1-23(2,3)21-14-18(11-13-35-21)22(32)36-37(33,34)19-7-5-17(6-8-19)20-9-4-16(15-31-20)10-12-24(26,27)25(28,29)30/h4-9,15,18,21H,10-14H2,1-3H3. The van der Waals surface area contributed by atoms with Crippen molar-refractivity contribution in [3.8, 4) is 11.3 Å². The Hall–Kier alpha value is -2.60. The second-order valence-corrected chi connectivity index (χ2v) is 11.6. The molecule has 1 fully saturated rings. The van der Waals surface area contributed by atoms with Crippen LogP contribution in [-0.4, -0.2) is 44.2 Å². The summed E-state index contributed by atoms with van der Waals surface area (Å²) >= 11 is 0. The highest BCUT2D eigenvalue weighted by molar-refractivity contribution is 7.87. The number of aromatic nitrogens is 1.